The molecule has 0 spiro atoms. The van der Waals surface area contributed by atoms with Crippen LogP contribution < -0.4 is 5.73 Å². The van der Waals surface area contributed by atoms with E-state index >= 15 is 0 Å². The van der Waals surface area contributed by atoms with Gasteiger partial charge in [0.05, 0.1) is 5.69 Å². The molecule has 0 saturated heterocycles. The predicted molar refractivity (Wildman–Crippen MR) is 77.9 cm³/mol. The second kappa shape index (κ2) is 4.80. The molecule has 1 aromatic rings. The van der Waals surface area contributed by atoms with Gasteiger partial charge in [-0.1, -0.05) is 0 Å². The zero-order valence-electron chi connectivity index (χ0n) is 11.4. The van der Waals surface area contributed by atoms with E-state index in [1.807, 2.05) is 19.9 Å². The molecule has 2 aliphatic heterocycles. The summed E-state index contributed by atoms with van der Waals surface area (Å²) in [7, 11) is 0. The first kappa shape index (κ1) is 13.8. The van der Waals surface area contributed by atoms with Crippen molar-refractivity contribution in [2.75, 3.05) is 0 Å². The van der Waals surface area contributed by atoms with Gasteiger partial charge < -0.3 is 15.9 Å². The zero-order chi connectivity index (χ0) is 15.0. The molecule has 104 valence electrons. The van der Waals surface area contributed by atoms with Crippen LogP contribution in [0.4, 0.5) is 10.5 Å². The van der Waals surface area contributed by atoms with Crippen molar-refractivity contribution in [3.63, 3.8) is 0 Å². The fourth-order valence-electron chi connectivity index (χ4n) is 2.24. The highest BCUT2D eigenvalue weighted by Gasteiger charge is 2.30. The highest BCUT2D eigenvalue weighted by Crippen LogP contribution is 2.44. The SMILES string of the molecule is CC1=NC2=Nc3ccc(O)c(C)c3C2=C1C.NC(=O)O. The van der Waals surface area contributed by atoms with E-state index in [1.165, 1.54) is 0 Å². The molecule has 6 nitrogen and oxygen atoms in total. The highest BCUT2D eigenvalue weighted by molar-refractivity contribution is 6.40. The molecule has 2 heterocycles. The number of rotatable bonds is 0. The molecule has 1 aromatic carbocycles. The monoisotopic (exact) mass is 273 g/mol. The Kier molecular flexibility index (Phi) is 3.31. The number of aromatic hydroxyl groups is 1. The van der Waals surface area contributed by atoms with E-state index in [1.54, 1.807) is 6.07 Å². The minimum atomic E-state index is -1.33. The van der Waals surface area contributed by atoms with Gasteiger partial charge >= 0.3 is 6.09 Å². The van der Waals surface area contributed by atoms with E-state index in [0.717, 1.165) is 39.5 Å². The normalized spacial score (nSPS) is 14.9. The third kappa shape index (κ3) is 2.16. The summed E-state index contributed by atoms with van der Waals surface area (Å²) in [5.74, 6) is 1.11. The Hall–Kier alpha value is -2.63. The lowest BCUT2D eigenvalue weighted by Gasteiger charge is -2.07. The van der Waals surface area contributed by atoms with Crippen LogP contribution in [0.1, 0.15) is 25.0 Å². The number of amides is 1. The lowest BCUT2D eigenvalue weighted by Crippen LogP contribution is -2.03. The first-order valence-corrected chi connectivity index (χ1v) is 6.00. The summed E-state index contributed by atoms with van der Waals surface area (Å²) in [6, 6.07) is 3.53. The van der Waals surface area contributed by atoms with Crippen LogP contribution in [0.2, 0.25) is 0 Å². The number of aliphatic imine (C=N–C) groups is 2. The van der Waals surface area contributed by atoms with Crippen LogP contribution in [0.25, 0.3) is 5.57 Å². The number of hydrogen-bond donors (Lipinski definition) is 3. The number of carboxylic acid groups (broad SMARTS) is 1. The van der Waals surface area contributed by atoms with E-state index in [0.29, 0.717) is 5.75 Å². The van der Waals surface area contributed by atoms with Crippen LogP contribution in [-0.4, -0.2) is 27.9 Å². The maximum atomic E-state index is 9.74. The van der Waals surface area contributed by atoms with E-state index in [4.69, 9.17) is 9.90 Å². The largest absolute Gasteiger partial charge is 0.508 e. The molecule has 0 aliphatic carbocycles. The maximum Gasteiger partial charge on any atom is 0.402 e. The maximum absolute atomic E-state index is 9.74. The Balaban J connectivity index is 0.000000328. The third-order valence-corrected chi connectivity index (χ3v) is 3.31. The number of nitrogens with zero attached hydrogens (tertiary/aromatic N) is 2. The molecule has 0 aromatic heterocycles. The summed E-state index contributed by atoms with van der Waals surface area (Å²) in [4.78, 5) is 17.7. The Bertz CT molecular complexity index is 696. The quantitative estimate of drug-likeness (QED) is 0.676. The fraction of sp³-hybridized carbons (Fsp3) is 0.214. The average molecular weight is 273 g/mol. The minimum absolute atomic E-state index is 0.319. The summed E-state index contributed by atoms with van der Waals surface area (Å²) >= 11 is 0. The van der Waals surface area contributed by atoms with Crippen molar-refractivity contribution in [1.29, 1.82) is 0 Å². The molecule has 0 radical (unpaired) electrons. The van der Waals surface area contributed by atoms with Gasteiger partial charge in [-0.05, 0) is 38.5 Å². The molecule has 0 fully saturated rings. The molecule has 2 aliphatic rings. The lowest BCUT2D eigenvalue weighted by atomic mass is 9.96. The van der Waals surface area contributed by atoms with Crippen molar-refractivity contribution in [3.05, 3.63) is 28.8 Å². The summed E-state index contributed by atoms with van der Waals surface area (Å²) in [5, 5.41) is 16.9. The second-order valence-corrected chi connectivity index (χ2v) is 4.57. The van der Waals surface area contributed by atoms with Gasteiger partial charge in [0.1, 0.15) is 5.75 Å². The van der Waals surface area contributed by atoms with Gasteiger partial charge in [0, 0.05) is 22.4 Å². The molecule has 6 heteroatoms. The van der Waals surface area contributed by atoms with Crippen LogP contribution >= 0.6 is 0 Å². The Morgan fingerprint density at radius 3 is 2.40 bits per heavy atom. The topological polar surface area (TPSA) is 108 Å². The molecule has 0 saturated carbocycles. The van der Waals surface area contributed by atoms with Crippen molar-refractivity contribution in [3.8, 4) is 5.75 Å². The van der Waals surface area contributed by atoms with Gasteiger partial charge in [-0.3, -0.25) is 0 Å². The predicted octanol–water partition coefficient (Wildman–Crippen LogP) is 2.62. The molecule has 4 N–H and O–H groups in total. The standard InChI is InChI=1S/C13H12N2O.CH3NO2/c1-6-8(3)14-13-12(6)11-7(2)10(16)5-4-9(11)15-13;2-1(3)4/h4-5,16H,1-3H3;2H2,(H,3,4). The summed E-state index contributed by atoms with van der Waals surface area (Å²) in [5.41, 5.74) is 10.1. The van der Waals surface area contributed by atoms with E-state index in [-0.39, 0.29) is 0 Å². The van der Waals surface area contributed by atoms with Gasteiger partial charge in [-0.2, -0.15) is 0 Å². The smallest absolute Gasteiger partial charge is 0.402 e. The summed E-state index contributed by atoms with van der Waals surface area (Å²) in [6.45, 7) is 5.96. The van der Waals surface area contributed by atoms with Crippen LogP contribution in [0.5, 0.6) is 5.75 Å². The number of nitrogens with two attached hydrogens (primary N) is 1. The first-order chi connectivity index (χ1) is 9.32. The van der Waals surface area contributed by atoms with Crippen molar-refractivity contribution in [2.45, 2.75) is 20.8 Å². The average Bonchev–Trinajstić information content (AvgIpc) is 2.82. The van der Waals surface area contributed by atoms with Gasteiger partial charge in [-0.25, -0.2) is 14.8 Å². The van der Waals surface area contributed by atoms with Crippen LogP contribution in [0.3, 0.4) is 0 Å². The van der Waals surface area contributed by atoms with Crippen molar-refractivity contribution in [2.24, 2.45) is 15.7 Å². The number of allylic oxidation sites excluding steroid dienone is 1. The highest BCUT2D eigenvalue weighted by atomic mass is 16.4. The molecule has 0 bridgehead atoms. The Labute approximate surface area is 116 Å². The van der Waals surface area contributed by atoms with Crippen molar-refractivity contribution in [1.82, 2.24) is 0 Å². The molecule has 1 amide bonds. The number of fused-ring (bicyclic) bond motifs is 3. The number of phenolic OH excluding ortho intramolecular Hbond substituents is 1. The van der Waals surface area contributed by atoms with E-state index in [2.05, 4.69) is 22.6 Å². The summed E-state index contributed by atoms with van der Waals surface area (Å²) < 4.78 is 0. The minimum Gasteiger partial charge on any atom is -0.508 e. The fourth-order valence-corrected chi connectivity index (χ4v) is 2.24. The molecule has 0 unspecified atom stereocenters. The number of amidine groups is 1. The molecule has 0 atom stereocenters. The molecule has 3 rings (SSSR count). The van der Waals surface area contributed by atoms with E-state index in [9.17, 15) is 5.11 Å². The Morgan fingerprint density at radius 1 is 1.20 bits per heavy atom. The van der Waals surface area contributed by atoms with Gasteiger partial charge in [0.15, 0.2) is 5.84 Å². The van der Waals surface area contributed by atoms with Gasteiger partial charge in [-0.15, -0.1) is 0 Å². The van der Waals surface area contributed by atoms with Crippen molar-refractivity contribution < 1.29 is 15.0 Å². The number of hydrogen-bond acceptors (Lipinski definition) is 4. The second-order valence-electron chi connectivity index (χ2n) is 4.57. The van der Waals surface area contributed by atoms with Crippen LogP contribution in [-0.2, 0) is 0 Å². The van der Waals surface area contributed by atoms with Gasteiger partial charge in [0.25, 0.3) is 0 Å². The van der Waals surface area contributed by atoms with Crippen LogP contribution in [0.15, 0.2) is 27.7 Å². The first-order valence-electron chi connectivity index (χ1n) is 6.00. The molecular formula is C14H15N3O3. The number of carbonyl (C=O) groups is 1. The Morgan fingerprint density at radius 2 is 1.80 bits per heavy atom. The number of phenols is 1. The number of primary amides is 1. The number of benzene rings is 1. The van der Waals surface area contributed by atoms with Crippen LogP contribution in [0, 0.1) is 6.92 Å². The molecule has 20 heavy (non-hydrogen) atoms. The van der Waals surface area contributed by atoms with Crippen molar-refractivity contribution >= 4 is 28.9 Å². The van der Waals surface area contributed by atoms with E-state index < -0.39 is 6.09 Å². The van der Waals surface area contributed by atoms with Gasteiger partial charge in [0.2, 0.25) is 0 Å². The molecular weight excluding hydrogens is 258 g/mol. The zero-order valence-corrected chi connectivity index (χ0v) is 11.4. The summed E-state index contributed by atoms with van der Waals surface area (Å²) in [6.07, 6.45) is -1.33. The third-order valence-electron chi connectivity index (χ3n) is 3.31. The lowest BCUT2D eigenvalue weighted by molar-refractivity contribution is 0.205.